The van der Waals surface area contributed by atoms with Gasteiger partial charge in [0.25, 0.3) is 0 Å². The van der Waals surface area contributed by atoms with Gasteiger partial charge in [-0.25, -0.2) is 0 Å². The third-order valence-electron chi connectivity index (χ3n) is 10.6. The van der Waals surface area contributed by atoms with E-state index >= 15 is 0 Å². The van der Waals surface area contributed by atoms with Crippen molar-refractivity contribution in [2.24, 2.45) is 35.5 Å². The van der Waals surface area contributed by atoms with Gasteiger partial charge < -0.3 is 21.3 Å². The Morgan fingerprint density at radius 3 is 1.31 bits per heavy atom. The Morgan fingerprint density at radius 2 is 0.778 bits per heavy atom. The highest BCUT2D eigenvalue weighted by atomic mass is 14.9. The lowest BCUT2D eigenvalue weighted by atomic mass is 9.67. The average molecular weight is 511 g/mol. The molecule has 0 aromatic heterocycles. The molecule has 4 N–H and O–H groups in total. The zero-order chi connectivity index (χ0) is 24.7. The first-order chi connectivity index (χ1) is 17.9. The second-order valence-electron chi connectivity index (χ2n) is 13.3. The predicted molar refractivity (Wildman–Crippen MR) is 164 cm³/mol. The Balaban J connectivity index is 0.00000380. The molecule has 0 aliphatic heterocycles. The normalized spacial score (nSPS) is 33.0. The Hall–Kier alpha value is -0.160. The molecule has 0 bridgehead atoms. The van der Waals surface area contributed by atoms with Crippen molar-refractivity contribution >= 4 is 0 Å². The van der Waals surface area contributed by atoms with Gasteiger partial charge in [0.1, 0.15) is 0 Å². The van der Waals surface area contributed by atoms with Crippen molar-refractivity contribution in [2.75, 3.05) is 52.4 Å². The smallest absolute Gasteiger partial charge is 0 e. The van der Waals surface area contributed by atoms with Crippen LogP contribution in [0.2, 0.25) is 0 Å². The minimum absolute atomic E-state index is 0. The summed E-state index contributed by atoms with van der Waals surface area (Å²) in [5.74, 6) is 6.22. The summed E-state index contributed by atoms with van der Waals surface area (Å²) in [4.78, 5) is 0. The van der Waals surface area contributed by atoms with Gasteiger partial charge in [0, 0.05) is 5.71 Å². The molecule has 0 aromatic rings. The molecule has 4 fully saturated rings. The maximum atomic E-state index is 3.77. The monoisotopic (exact) mass is 511 g/mol. The lowest BCUT2D eigenvalue weighted by Crippen LogP contribution is -2.33. The molecule has 4 aliphatic rings. The Labute approximate surface area is 230 Å². The SMILES string of the molecule is C(CNCCCNCC1CCC2CCCCC2CC1)CNCCCNCC1CCC2CCCCC2C1.[HH].[HH].[HH].[HH]. The number of rotatable bonds is 16. The first-order valence-electron chi connectivity index (χ1n) is 16.7. The van der Waals surface area contributed by atoms with Crippen LogP contribution in [0.15, 0.2) is 0 Å². The summed E-state index contributed by atoms with van der Waals surface area (Å²) >= 11 is 0. The number of fused-ring (bicyclic) bond motifs is 2. The van der Waals surface area contributed by atoms with E-state index in [-0.39, 0.29) is 5.71 Å². The van der Waals surface area contributed by atoms with Crippen LogP contribution in [0.4, 0.5) is 0 Å². The second kappa shape index (κ2) is 17.4. The van der Waals surface area contributed by atoms with E-state index in [0.29, 0.717) is 0 Å². The van der Waals surface area contributed by atoms with Gasteiger partial charge in [-0.15, -0.1) is 0 Å². The highest BCUT2D eigenvalue weighted by Crippen LogP contribution is 2.42. The predicted octanol–water partition coefficient (Wildman–Crippen LogP) is 7.10. The van der Waals surface area contributed by atoms with Crippen LogP contribution in [0.3, 0.4) is 0 Å². The molecule has 4 heteroatoms. The Kier molecular flexibility index (Phi) is 14.0. The van der Waals surface area contributed by atoms with E-state index in [1.807, 2.05) is 0 Å². The summed E-state index contributed by atoms with van der Waals surface area (Å²) in [5, 5.41) is 14.8. The standard InChI is InChI=1S/C32H62N4.4H2/c1-2-9-30-16-13-27(12-15-29(30)8-1)25-35-22-6-20-33-18-5-19-34-21-7-23-36-26-28-14-17-31-10-3-4-11-32(31)24-28;;;;/h27-36H,1-26H2;4*1H. The molecule has 0 aromatic carbocycles. The number of hydrogen-bond donors (Lipinski definition) is 4. The van der Waals surface area contributed by atoms with E-state index in [2.05, 4.69) is 21.3 Å². The van der Waals surface area contributed by atoms with Gasteiger partial charge in [-0.3, -0.25) is 0 Å². The van der Waals surface area contributed by atoms with Gasteiger partial charge in [0.05, 0.1) is 0 Å². The first kappa shape index (κ1) is 28.8. The molecule has 5 unspecified atom stereocenters. The van der Waals surface area contributed by atoms with Gasteiger partial charge in [-0.1, -0.05) is 51.4 Å². The topological polar surface area (TPSA) is 48.1 Å². The van der Waals surface area contributed by atoms with Crippen LogP contribution in [-0.4, -0.2) is 52.4 Å². The molecular weight excluding hydrogens is 440 g/mol. The van der Waals surface area contributed by atoms with Crippen molar-refractivity contribution in [3.63, 3.8) is 0 Å². The molecule has 0 spiro atoms. The van der Waals surface area contributed by atoms with Crippen LogP contribution in [-0.2, 0) is 0 Å². The molecule has 218 valence electrons. The fourth-order valence-corrected chi connectivity index (χ4v) is 8.33. The van der Waals surface area contributed by atoms with Crippen molar-refractivity contribution in [3.8, 4) is 0 Å². The van der Waals surface area contributed by atoms with Crippen molar-refractivity contribution in [3.05, 3.63) is 0 Å². The van der Waals surface area contributed by atoms with E-state index in [9.17, 15) is 0 Å². The summed E-state index contributed by atoms with van der Waals surface area (Å²) in [6.07, 6.45) is 26.4. The first-order valence-corrected chi connectivity index (χ1v) is 16.7. The van der Waals surface area contributed by atoms with Gasteiger partial charge in [0.2, 0.25) is 0 Å². The molecule has 0 heterocycles. The maximum absolute atomic E-state index is 3.77. The lowest BCUT2D eigenvalue weighted by molar-refractivity contribution is 0.129. The van der Waals surface area contributed by atoms with E-state index in [4.69, 9.17) is 0 Å². The molecule has 5 atom stereocenters. The van der Waals surface area contributed by atoms with Crippen LogP contribution in [0.5, 0.6) is 0 Å². The van der Waals surface area contributed by atoms with Crippen molar-refractivity contribution in [2.45, 2.75) is 116 Å². The molecule has 0 saturated heterocycles. The fraction of sp³-hybridized carbons (Fsp3) is 1.00. The van der Waals surface area contributed by atoms with Crippen molar-refractivity contribution in [1.82, 2.24) is 21.3 Å². The Morgan fingerprint density at radius 1 is 0.389 bits per heavy atom. The van der Waals surface area contributed by atoms with Gasteiger partial charge in [0.15, 0.2) is 0 Å². The Bertz CT molecular complexity index is 557. The van der Waals surface area contributed by atoms with Gasteiger partial charge in [-0.2, -0.15) is 0 Å². The largest absolute Gasteiger partial charge is 0.317 e. The van der Waals surface area contributed by atoms with E-state index in [1.165, 1.54) is 142 Å². The minimum atomic E-state index is 0. The summed E-state index contributed by atoms with van der Waals surface area (Å²) in [5.41, 5.74) is 0. The molecule has 4 aliphatic carbocycles. The summed E-state index contributed by atoms with van der Waals surface area (Å²) in [6.45, 7) is 9.53. The summed E-state index contributed by atoms with van der Waals surface area (Å²) < 4.78 is 0. The zero-order valence-electron chi connectivity index (χ0n) is 23.8. The quantitative estimate of drug-likeness (QED) is 0.167. The number of nitrogens with one attached hydrogen (secondary N) is 4. The minimum Gasteiger partial charge on any atom is -0.317 e. The average Bonchev–Trinajstić information content (AvgIpc) is 3.13. The molecule has 4 saturated carbocycles. The van der Waals surface area contributed by atoms with Crippen LogP contribution in [0.1, 0.15) is 121 Å². The molecular formula is C32H70N4. The zero-order valence-corrected chi connectivity index (χ0v) is 23.8. The van der Waals surface area contributed by atoms with E-state index in [0.717, 1.165) is 61.7 Å². The molecule has 4 nitrogen and oxygen atoms in total. The highest BCUT2D eigenvalue weighted by Gasteiger charge is 2.32. The van der Waals surface area contributed by atoms with E-state index < -0.39 is 0 Å². The lowest BCUT2D eigenvalue weighted by Gasteiger charge is -2.39. The van der Waals surface area contributed by atoms with E-state index in [1.54, 1.807) is 0 Å². The molecule has 36 heavy (non-hydrogen) atoms. The van der Waals surface area contributed by atoms with Crippen LogP contribution < -0.4 is 21.3 Å². The van der Waals surface area contributed by atoms with Gasteiger partial charge in [-0.05, 0) is 152 Å². The summed E-state index contributed by atoms with van der Waals surface area (Å²) in [7, 11) is 0. The molecule has 0 radical (unpaired) electrons. The van der Waals surface area contributed by atoms with Crippen molar-refractivity contribution < 1.29 is 5.71 Å². The summed E-state index contributed by atoms with van der Waals surface area (Å²) in [6, 6.07) is 0. The third-order valence-corrected chi connectivity index (χ3v) is 10.6. The third kappa shape index (κ3) is 10.5. The molecule has 0 amide bonds. The van der Waals surface area contributed by atoms with Crippen LogP contribution in [0, 0.1) is 35.5 Å². The number of hydrogen-bond acceptors (Lipinski definition) is 4. The molecule has 4 rings (SSSR count). The van der Waals surface area contributed by atoms with Gasteiger partial charge >= 0.3 is 0 Å². The van der Waals surface area contributed by atoms with Crippen molar-refractivity contribution in [1.29, 1.82) is 0 Å². The van der Waals surface area contributed by atoms with Crippen LogP contribution >= 0.6 is 0 Å². The highest BCUT2D eigenvalue weighted by molar-refractivity contribution is 4.84. The maximum Gasteiger partial charge on any atom is 0 e. The fourth-order valence-electron chi connectivity index (χ4n) is 8.33. The van der Waals surface area contributed by atoms with Crippen LogP contribution in [0.25, 0.3) is 0 Å². The second-order valence-corrected chi connectivity index (χ2v) is 13.3.